The molecule has 14 heavy (non-hydrogen) atoms. The van der Waals surface area contributed by atoms with Crippen LogP contribution in [0, 0.1) is 5.92 Å². The molecule has 1 rings (SSSR count). The lowest BCUT2D eigenvalue weighted by Crippen LogP contribution is -2.16. The molecule has 4 heteroatoms. The van der Waals surface area contributed by atoms with E-state index in [0.717, 1.165) is 4.47 Å². The molecule has 1 aromatic rings. The molecule has 0 saturated heterocycles. The Hall–Kier alpha value is -0.250. The summed E-state index contributed by atoms with van der Waals surface area (Å²) in [6.07, 6.45) is 0. The molecule has 0 spiro atoms. The highest BCUT2D eigenvalue weighted by Crippen LogP contribution is 2.36. The van der Waals surface area contributed by atoms with Crippen molar-refractivity contribution in [3.8, 4) is 5.75 Å². The van der Waals surface area contributed by atoms with E-state index in [9.17, 15) is 5.11 Å². The number of hydrogen-bond donors (Lipinski definition) is 2. The van der Waals surface area contributed by atoms with E-state index in [1.54, 1.807) is 12.1 Å². The van der Waals surface area contributed by atoms with Crippen LogP contribution in [0.5, 0.6) is 5.75 Å². The zero-order chi connectivity index (χ0) is 10.9. The quantitative estimate of drug-likeness (QED) is 0.870. The minimum absolute atomic E-state index is 0.0797. The summed E-state index contributed by atoms with van der Waals surface area (Å²) < 4.78 is 0.825. The summed E-state index contributed by atoms with van der Waals surface area (Å²) in [5.74, 6) is 0.335. The maximum atomic E-state index is 9.71. The van der Waals surface area contributed by atoms with Crippen LogP contribution in [0.4, 0.5) is 0 Å². The van der Waals surface area contributed by atoms with Gasteiger partial charge < -0.3 is 10.8 Å². The van der Waals surface area contributed by atoms with Gasteiger partial charge in [0.1, 0.15) is 5.75 Å². The summed E-state index contributed by atoms with van der Waals surface area (Å²) in [6.45, 7) is 4.00. The highest BCUT2D eigenvalue weighted by molar-refractivity contribution is 9.10. The molecular formula is C10H13BrClNO. The van der Waals surface area contributed by atoms with Crippen LogP contribution in [-0.2, 0) is 0 Å². The van der Waals surface area contributed by atoms with Crippen molar-refractivity contribution >= 4 is 27.5 Å². The van der Waals surface area contributed by atoms with Gasteiger partial charge in [0.25, 0.3) is 0 Å². The molecule has 0 aliphatic heterocycles. The fourth-order valence-electron chi connectivity index (χ4n) is 1.20. The SMILES string of the molecule is CC(C)C(N)c1cc(Br)cc(Cl)c1O. The Morgan fingerprint density at radius 1 is 1.43 bits per heavy atom. The van der Waals surface area contributed by atoms with Crippen molar-refractivity contribution in [2.45, 2.75) is 19.9 Å². The standard InChI is InChI=1S/C10H13BrClNO/c1-5(2)9(13)7-3-6(11)4-8(12)10(7)14/h3-5,9,14H,13H2,1-2H3. The van der Waals surface area contributed by atoms with Gasteiger partial charge in [0.2, 0.25) is 0 Å². The predicted molar refractivity (Wildman–Crippen MR) is 62.6 cm³/mol. The number of rotatable bonds is 2. The van der Waals surface area contributed by atoms with Crippen molar-refractivity contribution < 1.29 is 5.11 Å². The Balaban J connectivity index is 3.20. The number of nitrogens with two attached hydrogens (primary N) is 1. The van der Waals surface area contributed by atoms with Gasteiger partial charge in [-0.15, -0.1) is 0 Å². The van der Waals surface area contributed by atoms with Crippen LogP contribution in [-0.4, -0.2) is 5.11 Å². The topological polar surface area (TPSA) is 46.2 Å². The molecule has 0 fully saturated rings. The molecule has 0 aromatic heterocycles. The Morgan fingerprint density at radius 3 is 2.50 bits per heavy atom. The number of halogens is 2. The molecule has 1 atom stereocenters. The lowest BCUT2D eigenvalue weighted by atomic mass is 9.96. The van der Waals surface area contributed by atoms with Gasteiger partial charge >= 0.3 is 0 Å². The van der Waals surface area contributed by atoms with Crippen LogP contribution in [0.1, 0.15) is 25.5 Å². The molecule has 1 aromatic carbocycles. The molecule has 0 bridgehead atoms. The summed E-state index contributed by atoms with van der Waals surface area (Å²) in [7, 11) is 0. The van der Waals surface area contributed by atoms with E-state index < -0.39 is 0 Å². The third-order valence-electron chi connectivity index (χ3n) is 2.14. The summed E-state index contributed by atoms with van der Waals surface area (Å²) in [5.41, 5.74) is 6.62. The number of phenols is 1. The first-order valence-corrected chi connectivity index (χ1v) is 5.54. The first-order chi connectivity index (χ1) is 6.43. The van der Waals surface area contributed by atoms with Crippen LogP contribution in [0.25, 0.3) is 0 Å². The second kappa shape index (κ2) is 4.51. The molecule has 0 aliphatic rings. The van der Waals surface area contributed by atoms with Gasteiger partial charge in [0.05, 0.1) is 5.02 Å². The lowest BCUT2D eigenvalue weighted by Gasteiger charge is -2.18. The van der Waals surface area contributed by atoms with E-state index in [0.29, 0.717) is 10.6 Å². The van der Waals surface area contributed by atoms with Gasteiger partial charge in [-0.1, -0.05) is 41.4 Å². The zero-order valence-corrected chi connectivity index (χ0v) is 10.4. The van der Waals surface area contributed by atoms with Gasteiger partial charge in [-0.2, -0.15) is 0 Å². The van der Waals surface area contributed by atoms with E-state index in [-0.39, 0.29) is 17.7 Å². The second-order valence-corrected chi connectivity index (χ2v) is 4.92. The summed E-state index contributed by atoms with van der Waals surface area (Å²) >= 11 is 9.15. The van der Waals surface area contributed by atoms with E-state index in [1.807, 2.05) is 13.8 Å². The highest BCUT2D eigenvalue weighted by atomic mass is 79.9. The molecule has 0 amide bonds. The minimum atomic E-state index is -0.204. The molecule has 0 heterocycles. The maximum Gasteiger partial charge on any atom is 0.139 e. The summed E-state index contributed by atoms with van der Waals surface area (Å²) in [6, 6.07) is 3.24. The molecule has 78 valence electrons. The van der Waals surface area contributed by atoms with Crippen LogP contribution < -0.4 is 5.73 Å². The van der Waals surface area contributed by atoms with Crippen molar-refractivity contribution in [1.29, 1.82) is 0 Å². The first kappa shape index (κ1) is 11.8. The first-order valence-electron chi connectivity index (χ1n) is 4.37. The zero-order valence-electron chi connectivity index (χ0n) is 8.09. The average Bonchev–Trinajstić information content (AvgIpc) is 2.09. The molecule has 2 nitrogen and oxygen atoms in total. The maximum absolute atomic E-state index is 9.71. The van der Waals surface area contributed by atoms with Crippen LogP contribution in [0.2, 0.25) is 5.02 Å². The second-order valence-electron chi connectivity index (χ2n) is 3.60. The molecule has 1 unspecified atom stereocenters. The lowest BCUT2D eigenvalue weighted by molar-refractivity contribution is 0.440. The smallest absolute Gasteiger partial charge is 0.139 e. The Morgan fingerprint density at radius 2 is 2.00 bits per heavy atom. The normalized spacial score (nSPS) is 13.3. The van der Waals surface area contributed by atoms with Gasteiger partial charge in [-0.25, -0.2) is 0 Å². The highest BCUT2D eigenvalue weighted by Gasteiger charge is 2.17. The van der Waals surface area contributed by atoms with Crippen molar-refractivity contribution in [2.24, 2.45) is 11.7 Å². The monoisotopic (exact) mass is 277 g/mol. The molecule has 0 saturated carbocycles. The van der Waals surface area contributed by atoms with Crippen molar-refractivity contribution in [3.63, 3.8) is 0 Å². The van der Waals surface area contributed by atoms with Crippen molar-refractivity contribution in [3.05, 3.63) is 27.2 Å². The van der Waals surface area contributed by atoms with Crippen LogP contribution in [0.15, 0.2) is 16.6 Å². The molecular weight excluding hydrogens is 265 g/mol. The third-order valence-corrected chi connectivity index (χ3v) is 2.88. The third kappa shape index (κ3) is 2.41. The Labute approximate surface area is 97.2 Å². The van der Waals surface area contributed by atoms with Crippen LogP contribution in [0.3, 0.4) is 0 Å². The van der Waals surface area contributed by atoms with Gasteiger partial charge in [-0.3, -0.25) is 0 Å². The number of hydrogen-bond acceptors (Lipinski definition) is 2. The Kier molecular flexibility index (Phi) is 3.81. The summed E-state index contributed by atoms with van der Waals surface area (Å²) in [5, 5.41) is 10.0. The molecule has 3 N–H and O–H groups in total. The number of aromatic hydroxyl groups is 1. The van der Waals surface area contributed by atoms with Crippen molar-refractivity contribution in [1.82, 2.24) is 0 Å². The minimum Gasteiger partial charge on any atom is -0.506 e. The van der Waals surface area contributed by atoms with E-state index in [1.165, 1.54) is 0 Å². The fraction of sp³-hybridized carbons (Fsp3) is 0.400. The Bertz CT molecular complexity index is 341. The largest absolute Gasteiger partial charge is 0.506 e. The van der Waals surface area contributed by atoms with Gasteiger partial charge in [0, 0.05) is 16.1 Å². The summed E-state index contributed by atoms with van der Waals surface area (Å²) in [4.78, 5) is 0. The molecule has 0 radical (unpaired) electrons. The number of phenolic OH excluding ortho intramolecular Hbond substituents is 1. The fourth-order valence-corrected chi connectivity index (χ4v) is 2.03. The average molecular weight is 279 g/mol. The van der Waals surface area contributed by atoms with E-state index >= 15 is 0 Å². The van der Waals surface area contributed by atoms with E-state index in [2.05, 4.69) is 15.9 Å². The number of benzene rings is 1. The van der Waals surface area contributed by atoms with E-state index in [4.69, 9.17) is 17.3 Å². The van der Waals surface area contributed by atoms with Gasteiger partial charge in [-0.05, 0) is 18.1 Å². The predicted octanol–water partition coefficient (Wildman–Crippen LogP) is 3.46. The van der Waals surface area contributed by atoms with Crippen LogP contribution >= 0.6 is 27.5 Å². The molecule has 0 aliphatic carbocycles. The van der Waals surface area contributed by atoms with Crippen molar-refractivity contribution in [2.75, 3.05) is 0 Å². The van der Waals surface area contributed by atoms with Gasteiger partial charge in [0.15, 0.2) is 0 Å².